The van der Waals surface area contributed by atoms with Gasteiger partial charge < -0.3 is 9.16 Å². The molecule has 2 nitrogen and oxygen atoms in total. The van der Waals surface area contributed by atoms with Crippen LogP contribution in [0.1, 0.15) is 52.0 Å². The maximum atomic E-state index is 6.23. The Hall–Kier alpha value is -1.34. The Morgan fingerprint density at radius 1 is 1.15 bits per heavy atom. The van der Waals surface area contributed by atoms with Crippen molar-refractivity contribution in [1.29, 1.82) is 0 Å². The lowest BCUT2D eigenvalue weighted by Gasteiger charge is -2.36. The molecule has 0 fully saturated rings. The monoisotopic (exact) mass is 372 g/mol. The van der Waals surface area contributed by atoms with Crippen LogP contribution in [0.2, 0.25) is 18.1 Å². The molecule has 1 atom stereocenters. The molecule has 3 heteroatoms. The van der Waals surface area contributed by atoms with E-state index in [1.807, 2.05) is 30.3 Å². The first-order chi connectivity index (χ1) is 12.2. The Labute approximate surface area is 162 Å². The van der Waals surface area contributed by atoms with Gasteiger partial charge in [0.15, 0.2) is 8.32 Å². The van der Waals surface area contributed by atoms with Gasteiger partial charge >= 0.3 is 0 Å². The van der Waals surface area contributed by atoms with E-state index in [-0.39, 0.29) is 11.1 Å². The van der Waals surface area contributed by atoms with Crippen LogP contribution in [-0.4, -0.2) is 28.1 Å². The van der Waals surface area contributed by atoms with Crippen molar-refractivity contribution in [1.82, 2.24) is 0 Å². The smallest absolute Gasteiger partial charge is 0.191 e. The van der Waals surface area contributed by atoms with Crippen LogP contribution in [0.25, 0.3) is 0 Å². The average Bonchev–Trinajstić information content (AvgIpc) is 2.59. The lowest BCUT2D eigenvalue weighted by molar-refractivity contribution is 0.141. The number of hydrogen-bond donors (Lipinski definition) is 0. The van der Waals surface area contributed by atoms with Gasteiger partial charge in [-0.05, 0) is 55.9 Å². The van der Waals surface area contributed by atoms with Gasteiger partial charge in [-0.1, -0.05) is 63.0 Å². The van der Waals surface area contributed by atoms with Gasteiger partial charge in [0.2, 0.25) is 0 Å². The Morgan fingerprint density at radius 2 is 1.81 bits per heavy atom. The minimum absolute atomic E-state index is 0.0459. The predicted molar refractivity (Wildman–Crippen MR) is 115 cm³/mol. The first-order valence-electron chi connectivity index (χ1n) is 9.56. The summed E-state index contributed by atoms with van der Waals surface area (Å²) in [7, 11) is 0.0924. The minimum Gasteiger partial charge on any atom is -0.417 e. The summed E-state index contributed by atoms with van der Waals surface area (Å²) in [6.07, 6.45) is 3.84. The molecule has 0 aliphatic rings. The second-order valence-electron chi connectivity index (χ2n) is 8.36. The third kappa shape index (κ3) is 8.36. The van der Waals surface area contributed by atoms with Crippen molar-refractivity contribution in [2.75, 3.05) is 13.7 Å². The second kappa shape index (κ2) is 10.7. The van der Waals surface area contributed by atoms with Gasteiger partial charge in [-0.25, -0.2) is 0 Å². The molecule has 0 aliphatic carbocycles. The standard InChI is InChI=1S/C23H36O2Si/c1-20(12-11-19-25-26(6,7)23(2,3)4)15-17-22(24-5)18-16-21-13-9-8-10-14-21/h8-10,13-14,22H,1,11-12,15,17,19H2,2-7H3. The summed E-state index contributed by atoms with van der Waals surface area (Å²) in [4.78, 5) is 0. The van der Waals surface area contributed by atoms with Gasteiger partial charge in [-0.2, -0.15) is 0 Å². The van der Waals surface area contributed by atoms with Crippen molar-refractivity contribution in [2.45, 2.75) is 70.7 Å². The molecular formula is C23H36O2Si. The molecule has 0 amide bonds. The molecule has 1 rings (SSSR count). The van der Waals surface area contributed by atoms with Gasteiger partial charge in [-0.3, -0.25) is 0 Å². The zero-order chi connectivity index (χ0) is 19.6. The highest BCUT2D eigenvalue weighted by molar-refractivity contribution is 6.74. The van der Waals surface area contributed by atoms with E-state index in [2.05, 4.69) is 52.3 Å². The predicted octanol–water partition coefficient (Wildman–Crippen LogP) is 6.19. The van der Waals surface area contributed by atoms with Crippen molar-refractivity contribution >= 4 is 8.32 Å². The van der Waals surface area contributed by atoms with Crippen molar-refractivity contribution in [2.24, 2.45) is 0 Å². The van der Waals surface area contributed by atoms with Gasteiger partial charge in [0.25, 0.3) is 0 Å². The molecule has 1 unspecified atom stereocenters. The number of methoxy groups -OCH3 is 1. The van der Waals surface area contributed by atoms with Crippen LogP contribution in [0.3, 0.4) is 0 Å². The lowest BCUT2D eigenvalue weighted by atomic mass is 10.0. The molecule has 1 aromatic rings. The maximum absolute atomic E-state index is 6.23. The van der Waals surface area contributed by atoms with E-state index in [9.17, 15) is 0 Å². The molecular weight excluding hydrogens is 336 g/mol. The van der Waals surface area contributed by atoms with E-state index in [0.29, 0.717) is 0 Å². The van der Waals surface area contributed by atoms with Crippen LogP contribution in [0.4, 0.5) is 0 Å². The summed E-state index contributed by atoms with van der Waals surface area (Å²) < 4.78 is 11.7. The molecule has 0 N–H and O–H groups in total. The summed E-state index contributed by atoms with van der Waals surface area (Å²) in [5.41, 5.74) is 2.28. The molecule has 1 aromatic carbocycles. The van der Waals surface area contributed by atoms with E-state index in [4.69, 9.17) is 9.16 Å². The van der Waals surface area contributed by atoms with Crippen molar-refractivity contribution in [3.05, 3.63) is 48.0 Å². The van der Waals surface area contributed by atoms with Crippen LogP contribution in [-0.2, 0) is 9.16 Å². The second-order valence-corrected chi connectivity index (χ2v) is 13.2. The molecule has 0 aromatic heterocycles. The van der Waals surface area contributed by atoms with Gasteiger partial charge in [0, 0.05) is 19.3 Å². The van der Waals surface area contributed by atoms with E-state index in [0.717, 1.165) is 37.9 Å². The molecule has 26 heavy (non-hydrogen) atoms. The van der Waals surface area contributed by atoms with Crippen molar-refractivity contribution in [3.63, 3.8) is 0 Å². The number of rotatable bonds is 9. The molecule has 0 spiro atoms. The van der Waals surface area contributed by atoms with E-state index >= 15 is 0 Å². The fourth-order valence-corrected chi connectivity index (χ4v) is 3.35. The van der Waals surface area contributed by atoms with Crippen molar-refractivity contribution in [3.8, 4) is 11.8 Å². The largest absolute Gasteiger partial charge is 0.417 e. The molecule has 0 saturated carbocycles. The highest BCUT2D eigenvalue weighted by Gasteiger charge is 2.36. The quantitative estimate of drug-likeness (QED) is 0.223. The normalized spacial score (nSPS) is 13.0. The van der Waals surface area contributed by atoms with E-state index in [1.165, 1.54) is 5.57 Å². The maximum Gasteiger partial charge on any atom is 0.191 e. The molecule has 144 valence electrons. The third-order valence-electron chi connectivity index (χ3n) is 5.14. The summed E-state index contributed by atoms with van der Waals surface area (Å²) in [5, 5.41) is 0.271. The molecule has 0 saturated heterocycles. The number of benzene rings is 1. The van der Waals surface area contributed by atoms with Crippen LogP contribution < -0.4 is 0 Å². The molecule has 0 aliphatic heterocycles. The number of ether oxygens (including phenoxy) is 1. The third-order valence-corrected chi connectivity index (χ3v) is 9.68. The Balaban J connectivity index is 2.31. The average molecular weight is 373 g/mol. The fraction of sp³-hybridized carbons (Fsp3) is 0.565. The highest BCUT2D eigenvalue weighted by Crippen LogP contribution is 2.36. The summed E-state index contributed by atoms with van der Waals surface area (Å²) in [6.45, 7) is 16.5. The summed E-state index contributed by atoms with van der Waals surface area (Å²) in [6, 6.07) is 10.0. The van der Waals surface area contributed by atoms with Gasteiger partial charge in [-0.15, -0.1) is 0 Å². The van der Waals surface area contributed by atoms with Gasteiger partial charge in [0.05, 0.1) is 0 Å². The number of hydrogen-bond acceptors (Lipinski definition) is 2. The summed E-state index contributed by atoms with van der Waals surface area (Å²) >= 11 is 0. The summed E-state index contributed by atoms with van der Waals surface area (Å²) in [5.74, 6) is 6.39. The van der Waals surface area contributed by atoms with Crippen LogP contribution in [0.5, 0.6) is 0 Å². The van der Waals surface area contributed by atoms with Crippen LogP contribution >= 0.6 is 0 Å². The zero-order valence-electron chi connectivity index (χ0n) is 17.5. The Bertz CT molecular complexity index is 603. The topological polar surface area (TPSA) is 18.5 Å². The first-order valence-corrected chi connectivity index (χ1v) is 12.5. The highest BCUT2D eigenvalue weighted by atomic mass is 28.4. The minimum atomic E-state index is -1.63. The first kappa shape index (κ1) is 22.7. The van der Waals surface area contributed by atoms with Gasteiger partial charge in [0.1, 0.15) is 6.10 Å². The van der Waals surface area contributed by atoms with E-state index in [1.54, 1.807) is 7.11 Å². The van der Waals surface area contributed by atoms with Crippen LogP contribution in [0, 0.1) is 11.8 Å². The van der Waals surface area contributed by atoms with E-state index < -0.39 is 8.32 Å². The van der Waals surface area contributed by atoms with Crippen molar-refractivity contribution < 1.29 is 9.16 Å². The lowest BCUT2D eigenvalue weighted by Crippen LogP contribution is -2.40. The van der Waals surface area contributed by atoms with Crippen LogP contribution in [0.15, 0.2) is 42.5 Å². The Kier molecular flexibility index (Phi) is 9.36. The molecule has 0 heterocycles. The Morgan fingerprint density at radius 3 is 2.38 bits per heavy atom. The fourth-order valence-electron chi connectivity index (χ4n) is 2.26. The molecule has 0 radical (unpaired) electrons. The zero-order valence-corrected chi connectivity index (χ0v) is 18.5. The SMILES string of the molecule is C=C(CCCO[Si](C)(C)C(C)(C)C)CCC(C#Cc1ccccc1)OC. The number of allylic oxidation sites excluding steroid dienone is 1. The molecule has 0 bridgehead atoms.